The molecular weight excluding hydrogens is 330 g/mol. The number of hydrogen-bond acceptors (Lipinski definition) is 3. The predicted octanol–water partition coefficient (Wildman–Crippen LogP) is 3.57. The Bertz CT molecular complexity index is 616. The Labute approximate surface area is 132 Å². The zero-order valence-electron chi connectivity index (χ0n) is 11.8. The smallest absolute Gasteiger partial charge is 0.224 e. The minimum Gasteiger partial charge on any atom is -0.325 e. The van der Waals surface area contributed by atoms with Gasteiger partial charge in [0.15, 0.2) is 0 Å². The number of benzene rings is 1. The first kappa shape index (κ1) is 15.7. The lowest BCUT2D eigenvalue weighted by Crippen LogP contribution is -2.17. The molecule has 3 N–H and O–H groups in total. The number of hydrogen-bond donors (Lipinski definition) is 2. The molecule has 0 saturated carbocycles. The van der Waals surface area contributed by atoms with Crippen LogP contribution in [0.3, 0.4) is 0 Å². The molecular formula is C16H18BrN3O. The van der Waals surface area contributed by atoms with Crippen molar-refractivity contribution in [2.75, 3.05) is 5.32 Å². The van der Waals surface area contributed by atoms with E-state index in [1.165, 1.54) is 0 Å². The summed E-state index contributed by atoms with van der Waals surface area (Å²) in [5.74, 6) is -0.0476. The molecule has 0 aliphatic carbocycles. The van der Waals surface area contributed by atoms with Gasteiger partial charge in [0.05, 0.1) is 11.4 Å². The second-order valence-electron chi connectivity index (χ2n) is 4.87. The van der Waals surface area contributed by atoms with Crippen molar-refractivity contribution in [3.8, 4) is 0 Å². The number of carbonyl (C=O) groups excluding carboxylic acids is 1. The van der Waals surface area contributed by atoms with E-state index in [4.69, 9.17) is 5.73 Å². The maximum Gasteiger partial charge on any atom is 0.224 e. The van der Waals surface area contributed by atoms with Crippen LogP contribution < -0.4 is 11.1 Å². The van der Waals surface area contributed by atoms with Gasteiger partial charge in [-0.25, -0.2) is 4.98 Å². The van der Waals surface area contributed by atoms with Crippen LogP contribution >= 0.6 is 15.9 Å². The van der Waals surface area contributed by atoms with E-state index in [0.717, 1.165) is 21.5 Å². The molecule has 0 saturated heterocycles. The topological polar surface area (TPSA) is 68.0 Å². The molecule has 21 heavy (non-hydrogen) atoms. The first-order valence-corrected chi connectivity index (χ1v) is 7.59. The van der Waals surface area contributed by atoms with Gasteiger partial charge in [0.2, 0.25) is 5.91 Å². The molecule has 1 aromatic carbocycles. The molecule has 1 amide bonds. The lowest BCUT2D eigenvalue weighted by Gasteiger charge is -2.12. The largest absolute Gasteiger partial charge is 0.325 e. The van der Waals surface area contributed by atoms with Crippen molar-refractivity contribution in [3.63, 3.8) is 0 Å². The van der Waals surface area contributed by atoms with Gasteiger partial charge in [0.1, 0.15) is 4.60 Å². The number of nitrogens with zero attached hydrogens (tertiary/aromatic N) is 1. The van der Waals surface area contributed by atoms with Gasteiger partial charge in [-0.2, -0.15) is 0 Å². The Morgan fingerprint density at radius 2 is 2.00 bits per heavy atom. The first-order chi connectivity index (χ1) is 10.1. The maximum atomic E-state index is 12.0. The highest BCUT2D eigenvalue weighted by atomic mass is 79.9. The Hall–Kier alpha value is -1.72. The molecule has 1 unspecified atom stereocenters. The van der Waals surface area contributed by atoms with Crippen LogP contribution in [0.25, 0.3) is 0 Å². The summed E-state index contributed by atoms with van der Waals surface area (Å²) < 4.78 is 0.754. The molecule has 110 valence electrons. The molecule has 0 spiro atoms. The van der Waals surface area contributed by atoms with Gasteiger partial charge >= 0.3 is 0 Å². The molecule has 2 aromatic rings. The molecule has 0 aliphatic heterocycles. The number of anilines is 1. The first-order valence-electron chi connectivity index (χ1n) is 6.80. The van der Waals surface area contributed by atoms with Crippen LogP contribution in [0.2, 0.25) is 0 Å². The van der Waals surface area contributed by atoms with Crippen LogP contribution in [0.5, 0.6) is 0 Å². The molecule has 2 rings (SSSR count). The number of amides is 1. The number of nitrogens with two attached hydrogens (primary N) is 1. The summed E-state index contributed by atoms with van der Waals surface area (Å²) in [5, 5.41) is 2.87. The molecule has 0 radical (unpaired) electrons. The van der Waals surface area contributed by atoms with Gasteiger partial charge in [-0.3, -0.25) is 4.79 Å². The highest BCUT2D eigenvalue weighted by molar-refractivity contribution is 9.10. The number of nitrogens with one attached hydrogen (secondary N) is 1. The van der Waals surface area contributed by atoms with E-state index in [9.17, 15) is 4.79 Å². The van der Waals surface area contributed by atoms with E-state index in [2.05, 4.69) is 26.2 Å². The molecule has 4 nitrogen and oxygen atoms in total. The number of aromatic nitrogens is 1. The van der Waals surface area contributed by atoms with Crippen molar-refractivity contribution in [2.24, 2.45) is 5.73 Å². The molecule has 1 atom stereocenters. The normalized spacial score (nSPS) is 12.0. The third-order valence-corrected chi connectivity index (χ3v) is 3.68. The van der Waals surface area contributed by atoms with Crippen molar-refractivity contribution in [2.45, 2.75) is 25.8 Å². The quantitative estimate of drug-likeness (QED) is 0.812. The van der Waals surface area contributed by atoms with E-state index in [1.54, 1.807) is 6.07 Å². The average molecular weight is 348 g/mol. The van der Waals surface area contributed by atoms with Crippen molar-refractivity contribution >= 4 is 27.5 Å². The standard InChI is InChI=1S/C16H18BrN3O/c1-11-14(8-9-15(17)19-11)20-16(21)10-7-13(18)12-5-3-2-4-6-12/h2-6,8-9,13H,7,10,18H2,1H3,(H,20,21). The van der Waals surface area contributed by atoms with Crippen molar-refractivity contribution in [3.05, 3.63) is 58.3 Å². The Balaban J connectivity index is 1.87. The summed E-state index contributed by atoms with van der Waals surface area (Å²) in [6.45, 7) is 1.86. The third kappa shape index (κ3) is 4.65. The van der Waals surface area contributed by atoms with Crippen LogP contribution in [-0.4, -0.2) is 10.9 Å². The number of carbonyl (C=O) groups is 1. The fourth-order valence-electron chi connectivity index (χ4n) is 2.03. The van der Waals surface area contributed by atoms with Crippen LogP contribution in [-0.2, 0) is 4.79 Å². The minimum atomic E-state index is -0.124. The zero-order valence-corrected chi connectivity index (χ0v) is 13.4. The molecule has 0 aliphatic rings. The Morgan fingerprint density at radius 3 is 2.67 bits per heavy atom. The summed E-state index contributed by atoms with van der Waals surface area (Å²) in [4.78, 5) is 16.2. The van der Waals surface area contributed by atoms with Crippen LogP contribution in [0.15, 0.2) is 47.1 Å². The second kappa shape index (κ2) is 7.33. The van der Waals surface area contributed by atoms with E-state index in [1.807, 2.05) is 43.3 Å². The molecule has 1 aromatic heterocycles. The highest BCUT2D eigenvalue weighted by Crippen LogP contribution is 2.18. The van der Waals surface area contributed by atoms with Gasteiger partial charge in [0.25, 0.3) is 0 Å². The summed E-state index contributed by atoms with van der Waals surface area (Å²) in [6.07, 6.45) is 0.990. The maximum absolute atomic E-state index is 12.0. The van der Waals surface area contributed by atoms with Crippen LogP contribution in [0.4, 0.5) is 5.69 Å². The fourth-order valence-corrected chi connectivity index (χ4v) is 2.43. The molecule has 1 heterocycles. The van der Waals surface area contributed by atoms with Gasteiger partial charge in [-0.1, -0.05) is 30.3 Å². The SMILES string of the molecule is Cc1nc(Br)ccc1NC(=O)CCC(N)c1ccccc1. The highest BCUT2D eigenvalue weighted by Gasteiger charge is 2.10. The van der Waals surface area contributed by atoms with Crippen LogP contribution in [0.1, 0.15) is 30.1 Å². The van der Waals surface area contributed by atoms with Crippen molar-refractivity contribution in [1.29, 1.82) is 0 Å². The van der Waals surface area contributed by atoms with E-state index >= 15 is 0 Å². The fraction of sp³-hybridized carbons (Fsp3) is 0.250. The summed E-state index contributed by atoms with van der Waals surface area (Å²) in [6, 6.07) is 13.3. The predicted molar refractivity (Wildman–Crippen MR) is 87.9 cm³/mol. The number of pyridine rings is 1. The zero-order chi connectivity index (χ0) is 15.2. The monoisotopic (exact) mass is 347 g/mol. The molecule has 5 heteroatoms. The van der Waals surface area contributed by atoms with Crippen molar-refractivity contribution in [1.82, 2.24) is 4.98 Å². The number of aryl methyl sites for hydroxylation is 1. The molecule has 0 fully saturated rings. The van der Waals surface area contributed by atoms with Gasteiger partial charge in [-0.05, 0) is 47.0 Å². The molecule has 0 bridgehead atoms. The van der Waals surface area contributed by atoms with E-state index in [0.29, 0.717) is 12.8 Å². The lowest BCUT2D eigenvalue weighted by atomic mass is 10.0. The lowest BCUT2D eigenvalue weighted by molar-refractivity contribution is -0.116. The van der Waals surface area contributed by atoms with Gasteiger partial charge in [-0.15, -0.1) is 0 Å². The van der Waals surface area contributed by atoms with Crippen molar-refractivity contribution < 1.29 is 4.79 Å². The third-order valence-electron chi connectivity index (χ3n) is 3.24. The Kier molecular flexibility index (Phi) is 5.47. The van der Waals surface area contributed by atoms with E-state index < -0.39 is 0 Å². The summed E-state index contributed by atoms with van der Waals surface area (Å²) in [5.41, 5.74) is 8.65. The Morgan fingerprint density at radius 1 is 1.29 bits per heavy atom. The summed E-state index contributed by atoms with van der Waals surface area (Å²) in [7, 11) is 0. The van der Waals surface area contributed by atoms with Gasteiger partial charge in [0, 0.05) is 12.5 Å². The van der Waals surface area contributed by atoms with Crippen LogP contribution in [0, 0.1) is 6.92 Å². The summed E-state index contributed by atoms with van der Waals surface area (Å²) >= 11 is 3.30. The number of rotatable bonds is 5. The minimum absolute atomic E-state index is 0.0476. The second-order valence-corrected chi connectivity index (χ2v) is 5.68. The van der Waals surface area contributed by atoms with Gasteiger partial charge < -0.3 is 11.1 Å². The number of halogens is 1. The van der Waals surface area contributed by atoms with E-state index in [-0.39, 0.29) is 11.9 Å². The average Bonchev–Trinajstić information content (AvgIpc) is 2.48.